The van der Waals surface area contributed by atoms with Gasteiger partial charge in [-0.1, -0.05) is 0 Å². The Morgan fingerprint density at radius 1 is 1.78 bits per heavy atom. The first-order chi connectivity index (χ1) is 3.84. The Hall–Kier alpha value is -0.610. The average Bonchev–Trinajstić information content (AvgIpc) is 2.14. The van der Waals surface area contributed by atoms with Gasteiger partial charge in [0, 0.05) is 6.54 Å². The molecule has 52 valence electrons. The van der Waals surface area contributed by atoms with Crippen LogP contribution in [-0.4, -0.2) is 10.2 Å². The summed E-state index contributed by atoms with van der Waals surface area (Å²) >= 11 is 0. The van der Waals surface area contributed by atoms with Crippen LogP contribution < -0.4 is 5.73 Å². The van der Waals surface area contributed by atoms with Crippen molar-refractivity contribution in [1.82, 2.24) is 10.2 Å². The highest BCUT2D eigenvalue weighted by atomic mass is 35.5. The third-order valence-corrected chi connectivity index (χ3v) is 0.870. The zero-order chi connectivity index (χ0) is 5.98. The Morgan fingerprint density at radius 3 is 2.67 bits per heavy atom. The first kappa shape index (κ1) is 8.39. The molecule has 0 saturated heterocycles. The highest BCUT2D eigenvalue weighted by Crippen LogP contribution is 1.97. The summed E-state index contributed by atoms with van der Waals surface area (Å²) in [7, 11) is 0. The fourth-order valence-corrected chi connectivity index (χ4v) is 0.441. The van der Waals surface area contributed by atoms with Gasteiger partial charge in [0.1, 0.15) is 0 Å². The molecule has 1 aromatic rings. The number of hydrogen-bond donors (Lipinski definition) is 2. The van der Waals surface area contributed by atoms with Gasteiger partial charge in [-0.2, -0.15) is 5.10 Å². The molecule has 0 atom stereocenters. The van der Waals surface area contributed by atoms with Crippen molar-refractivity contribution in [2.45, 2.75) is 6.54 Å². The predicted molar refractivity (Wildman–Crippen MR) is 33.7 cm³/mol. The van der Waals surface area contributed by atoms with Crippen LogP contribution in [0.4, 0.5) is 4.39 Å². The van der Waals surface area contributed by atoms with Gasteiger partial charge in [0.25, 0.3) is 0 Å². The number of nitrogens with one attached hydrogen (secondary N) is 1. The van der Waals surface area contributed by atoms with Gasteiger partial charge in [0.2, 0.25) is 0 Å². The number of nitrogens with two attached hydrogens (primary N) is 1. The molecule has 3 N–H and O–H groups in total. The van der Waals surface area contributed by atoms with Gasteiger partial charge in [-0.15, -0.1) is 12.4 Å². The minimum absolute atomic E-state index is 0. The number of H-pyrrole nitrogens is 1. The highest BCUT2D eigenvalue weighted by Gasteiger charge is 1.97. The first-order valence-corrected chi connectivity index (χ1v) is 2.22. The van der Waals surface area contributed by atoms with Gasteiger partial charge in [-0.25, -0.2) is 4.39 Å². The number of aromatic amines is 1. The first-order valence-electron chi connectivity index (χ1n) is 2.22. The molecule has 0 unspecified atom stereocenters. The molecule has 1 rings (SSSR count). The van der Waals surface area contributed by atoms with Crippen LogP contribution in [0.2, 0.25) is 0 Å². The molecule has 0 radical (unpaired) electrons. The number of nitrogens with zero attached hydrogens (tertiary/aromatic N) is 1. The molecule has 0 fully saturated rings. The van der Waals surface area contributed by atoms with Crippen molar-refractivity contribution in [3.63, 3.8) is 0 Å². The van der Waals surface area contributed by atoms with Gasteiger partial charge < -0.3 is 5.73 Å². The summed E-state index contributed by atoms with van der Waals surface area (Å²) < 4.78 is 12.2. The van der Waals surface area contributed by atoms with Gasteiger partial charge in [-0.3, -0.25) is 5.10 Å². The Labute approximate surface area is 57.9 Å². The van der Waals surface area contributed by atoms with Crippen LogP contribution in [0.5, 0.6) is 0 Å². The minimum atomic E-state index is -0.368. The summed E-state index contributed by atoms with van der Waals surface area (Å²) in [5.74, 6) is -0.368. The molecule has 0 amide bonds. The number of hydrogen-bond acceptors (Lipinski definition) is 2. The molecule has 0 aromatic carbocycles. The monoisotopic (exact) mass is 151 g/mol. The summed E-state index contributed by atoms with van der Waals surface area (Å²) in [5, 5.41) is 5.82. The molecule has 0 aliphatic rings. The second kappa shape index (κ2) is 3.42. The van der Waals surface area contributed by atoms with Crippen LogP contribution in [-0.2, 0) is 6.54 Å². The van der Waals surface area contributed by atoms with Gasteiger partial charge in [0.05, 0.1) is 11.9 Å². The van der Waals surface area contributed by atoms with Crippen LogP contribution >= 0.6 is 12.4 Å². The summed E-state index contributed by atoms with van der Waals surface area (Å²) in [5.41, 5.74) is 5.44. The largest absolute Gasteiger partial charge is 0.325 e. The number of rotatable bonds is 1. The van der Waals surface area contributed by atoms with E-state index >= 15 is 0 Å². The van der Waals surface area contributed by atoms with Gasteiger partial charge >= 0.3 is 0 Å². The summed E-state index contributed by atoms with van der Waals surface area (Å²) in [6.45, 7) is 0.172. The second-order valence-electron chi connectivity index (χ2n) is 1.40. The van der Waals surface area contributed by atoms with E-state index in [9.17, 15) is 4.39 Å². The van der Waals surface area contributed by atoms with Gasteiger partial charge in [0.15, 0.2) is 5.82 Å². The lowest BCUT2D eigenvalue weighted by molar-refractivity contribution is 0.610. The van der Waals surface area contributed by atoms with Crippen molar-refractivity contribution in [2.24, 2.45) is 5.73 Å². The SMILES string of the molecule is Cl.NCc1[nH]ncc1F. The zero-order valence-corrected chi connectivity index (χ0v) is 5.41. The quantitative estimate of drug-likeness (QED) is 0.612. The minimum Gasteiger partial charge on any atom is -0.325 e. The normalized spacial score (nSPS) is 8.67. The van der Waals surface area contributed by atoms with Gasteiger partial charge in [-0.05, 0) is 0 Å². The van der Waals surface area contributed by atoms with Crippen LogP contribution in [0.1, 0.15) is 5.69 Å². The summed E-state index contributed by atoms with van der Waals surface area (Å²) in [6, 6.07) is 0. The molecule has 0 bridgehead atoms. The number of halogens is 2. The standard InChI is InChI=1S/C4H6FN3.ClH/c5-3-2-7-8-4(3)1-6;/h2H,1,6H2,(H,7,8);1H. The van der Waals surface area contributed by atoms with E-state index in [1.54, 1.807) is 0 Å². The van der Waals surface area contributed by atoms with Crippen molar-refractivity contribution in [3.05, 3.63) is 17.7 Å². The van der Waals surface area contributed by atoms with Crippen LogP contribution in [0.25, 0.3) is 0 Å². The number of aromatic nitrogens is 2. The topological polar surface area (TPSA) is 54.7 Å². The lowest BCUT2D eigenvalue weighted by atomic mass is 10.4. The molecule has 0 saturated carbocycles. The van der Waals surface area contributed by atoms with Crippen molar-refractivity contribution in [1.29, 1.82) is 0 Å². The van der Waals surface area contributed by atoms with E-state index in [1.807, 2.05) is 0 Å². The smallest absolute Gasteiger partial charge is 0.165 e. The van der Waals surface area contributed by atoms with E-state index < -0.39 is 0 Å². The predicted octanol–water partition coefficient (Wildman–Crippen LogP) is 0.429. The van der Waals surface area contributed by atoms with E-state index in [-0.39, 0.29) is 24.8 Å². The maximum absolute atomic E-state index is 12.2. The fraction of sp³-hybridized carbons (Fsp3) is 0.250. The van der Waals surface area contributed by atoms with E-state index in [0.29, 0.717) is 5.69 Å². The molecule has 9 heavy (non-hydrogen) atoms. The van der Waals surface area contributed by atoms with E-state index in [1.165, 1.54) is 0 Å². The van der Waals surface area contributed by atoms with Crippen LogP contribution in [0.3, 0.4) is 0 Å². The fourth-order valence-electron chi connectivity index (χ4n) is 0.441. The second-order valence-corrected chi connectivity index (χ2v) is 1.40. The van der Waals surface area contributed by atoms with Crippen LogP contribution in [0, 0.1) is 5.82 Å². The van der Waals surface area contributed by atoms with E-state index in [0.717, 1.165) is 6.20 Å². The highest BCUT2D eigenvalue weighted by molar-refractivity contribution is 5.85. The molecule has 0 spiro atoms. The Balaban J connectivity index is 0.000000640. The molecular formula is C4H7ClFN3. The molecule has 0 aliphatic carbocycles. The van der Waals surface area contributed by atoms with E-state index in [4.69, 9.17) is 5.73 Å². The molecule has 0 aliphatic heterocycles. The van der Waals surface area contributed by atoms with Crippen LogP contribution in [0.15, 0.2) is 6.20 Å². The molecule has 1 heterocycles. The Kier molecular flexibility index (Phi) is 3.19. The molecule has 3 nitrogen and oxygen atoms in total. The van der Waals surface area contributed by atoms with E-state index in [2.05, 4.69) is 10.2 Å². The third-order valence-electron chi connectivity index (χ3n) is 0.870. The van der Waals surface area contributed by atoms with Crippen molar-refractivity contribution in [2.75, 3.05) is 0 Å². The molecular weight excluding hydrogens is 145 g/mol. The zero-order valence-electron chi connectivity index (χ0n) is 4.60. The molecule has 1 aromatic heterocycles. The Morgan fingerprint density at radius 2 is 2.44 bits per heavy atom. The van der Waals surface area contributed by atoms with Crippen molar-refractivity contribution >= 4 is 12.4 Å². The maximum atomic E-state index is 12.2. The third kappa shape index (κ3) is 1.65. The molecule has 5 heteroatoms. The summed E-state index contributed by atoms with van der Waals surface area (Å²) in [6.07, 6.45) is 1.10. The average molecular weight is 152 g/mol. The summed E-state index contributed by atoms with van der Waals surface area (Å²) in [4.78, 5) is 0. The van der Waals surface area contributed by atoms with Crippen molar-refractivity contribution in [3.8, 4) is 0 Å². The lowest BCUT2D eigenvalue weighted by Gasteiger charge is -1.84. The Bertz CT molecular complexity index is 176. The maximum Gasteiger partial charge on any atom is 0.165 e. The lowest BCUT2D eigenvalue weighted by Crippen LogP contribution is -1.98. The van der Waals surface area contributed by atoms with Crippen molar-refractivity contribution < 1.29 is 4.39 Å².